The number of hydrogen-bond acceptors (Lipinski definition) is 4. The number of aromatic nitrogens is 3. The van der Waals surface area contributed by atoms with Crippen LogP contribution in [0.25, 0.3) is 0 Å². The van der Waals surface area contributed by atoms with Crippen LogP contribution in [0.15, 0.2) is 12.4 Å². The molecule has 3 N–H and O–H groups in total. The highest BCUT2D eigenvalue weighted by atomic mass is 16.2. The van der Waals surface area contributed by atoms with Crippen molar-refractivity contribution < 1.29 is 4.79 Å². The standard InChI is InChI=1S/C7H13N5O/c1-6(8)7(13)9-2-4-12-5-3-10-11-12/h3,5-6H,2,4,8H2,1H3,(H,9,13)/t6-/m0/s1. The van der Waals surface area contributed by atoms with E-state index in [0.717, 1.165) is 0 Å². The van der Waals surface area contributed by atoms with E-state index in [1.807, 2.05) is 0 Å². The van der Waals surface area contributed by atoms with Gasteiger partial charge in [0.15, 0.2) is 0 Å². The van der Waals surface area contributed by atoms with Gasteiger partial charge in [0.2, 0.25) is 5.91 Å². The number of amides is 1. The van der Waals surface area contributed by atoms with Crippen molar-refractivity contribution in [3.63, 3.8) is 0 Å². The molecular weight excluding hydrogens is 170 g/mol. The van der Waals surface area contributed by atoms with Crippen LogP contribution >= 0.6 is 0 Å². The summed E-state index contributed by atoms with van der Waals surface area (Å²) in [6.07, 6.45) is 3.32. The molecule has 13 heavy (non-hydrogen) atoms. The van der Waals surface area contributed by atoms with Crippen molar-refractivity contribution in [3.8, 4) is 0 Å². The molecule has 0 aliphatic rings. The molecule has 0 aromatic carbocycles. The van der Waals surface area contributed by atoms with Crippen LogP contribution in [0.2, 0.25) is 0 Å². The van der Waals surface area contributed by atoms with Crippen molar-refractivity contribution in [3.05, 3.63) is 12.4 Å². The molecule has 0 unspecified atom stereocenters. The molecule has 6 nitrogen and oxygen atoms in total. The minimum Gasteiger partial charge on any atom is -0.353 e. The minimum atomic E-state index is -0.462. The van der Waals surface area contributed by atoms with Crippen LogP contribution in [-0.2, 0) is 11.3 Å². The third kappa shape index (κ3) is 3.20. The second-order valence-electron chi connectivity index (χ2n) is 2.75. The summed E-state index contributed by atoms with van der Waals surface area (Å²) in [4.78, 5) is 11.0. The van der Waals surface area contributed by atoms with Crippen molar-refractivity contribution >= 4 is 5.91 Å². The van der Waals surface area contributed by atoms with E-state index in [0.29, 0.717) is 13.1 Å². The van der Waals surface area contributed by atoms with Crippen LogP contribution in [0.5, 0.6) is 0 Å². The van der Waals surface area contributed by atoms with E-state index in [9.17, 15) is 4.79 Å². The van der Waals surface area contributed by atoms with E-state index in [2.05, 4.69) is 15.6 Å². The summed E-state index contributed by atoms with van der Waals surface area (Å²) in [5.74, 6) is -0.153. The summed E-state index contributed by atoms with van der Waals surface area (Å²) < 4.78 is 1.64. The second-order valence-corrected chi connectivity index (χ2v) is 2.75. The smallest absolute Gasteiger partial charge is 0.236 e. The van der Waals surface area contributed by atoms with Gasteiger partial charge in [-0.15, -0.1) is 5.10 Å². The largest absolute Gasteiger partial charge is 0.353 e. The molecule has 0 radical (unpaired) electrons. The summed E-state index contributed by atoms with van der Waals surface area (Å²) in [6.45, 7) is 2.77. The molecule has 1 heterocycles. The Balaban J connectivity index is 2.18. The Morgan fingerprint density at radius 2 is 2.54 bits per heavy atom. The monoisotopic (exact) mass is 183 g/mol. The van der Waals surface area contributed by atoms with Crippen LogP contribution in [0.4, 0.5) is 0 Å². The number of rotatable bonds is 4. The third-order valence-corrected chi connectivity index (χ3v) is 1.53. The maximum absolute atomic E-state index is 11.0. The number of nitrogens with one attached hydrogen (secondary N) is 1. The second kappa shape index (κ2) is 4.56. The van der Waals surface area contributed by atoms with Crippen LogP contribution in [-0.4, -0.2) is 33.5 Å². The molecule has 72 valence electrons. The normalized spacial score (nSPS) is 12.5. The molecule has 0 aliphatic carbocycles. The number of carbonyl (C=O) groups excluding carboxylic acids is 1. The van der Waals surface area contributed by atoms with Gasteiger partial charge in [0.25, 0.3) is 0 Å². The number of nitrogens with zero attached hydrogens (tertiary/aromatic N) is 3. The first kappa shape index (κ1) is 9.66. The van der Waals surface area contributed by atoms with Gasteiger partial charge in [0.1, 0.15) is 0 Å². The van der Waals surface area contributed by atoms with Gasteiger partial charge in [-0.2, -0.15) is 0 Å². The Labute approximate surface area is 76.1 Å². The fourth-order valence-corrected chi connectivity index (χ4v) is 0.807. The van der Waals surface area contributed by atoms with Crippen LogP contribution in [0.3, 0.4) is 0 Å². The number of hydrogen-bond donors (Lipinski definition) is 2. The van der Waals surface area contributed by atoms with Crippen LogP contribution in [0, 0.1) is 0 Å². The molecule has 0 saturated carbocycles. The third-order valence-electron chi connectivity index (χ3n) is 1.53. The van der Waals surface area contributed by atoms with E-state index in [-0.39, 0.29) is 5.91 Å². The topological polar surface area (TPSA) is 85.8 Å². The van der Waals surface area contributed by atoms with Crippen molar-refractivity contribution in [1.29, 1.82) is 0 Å². The van der Waals surface area contributed by atoms with E-state index in [1.165, 1.54) is 0 Å². The fourth-order valence-electron chi connectivity index (χ4n) is 0.807. The maximum atomic E-state index is 11.0. The van der Waals surface area contributed by atoms with Crippen molar-refractivity contribution in [2.45, 2.75) is 19.5 Å². The molecule has 0 aliphatic heterocycles. The van der Waals surface area contributed by atoms with Gasteiger partial charge < -0.3 is 11.1 Å². The molecule has 1 aromatic heterocycles. The molecule has 0 saturated heterocycles. The summed E-state index contributed by atoms with van der Waals surface area (Å²) in [5.41, 5.74) is 5.35. The molecular formula is C7H13N5O. The Morgan fingerprint density at radius 3 is 3.08 bits per heavy atom. The predicted octanol–water partition coefficient (Wildman–Crippen LogP) is -1.26. The first-order valence-electron chi connectivity index (χ1n) is 4.07. The molecule has 0 bridgehead atoms. The Bertz CT molecular complexity index is 256. The molecule has 0 spiro atoms. The van der Waals surface area contributed by atoms with Gasteiger partial charge in [-0.05, 0) is 6.92 Å². The zero-order valence-electron chi connectivity index (χ0n) is 7.47. The highest BCUT2D eigenvalue weighted by Crippen LogP contribution is 1.80. The summed E-state index contributed by atoms with van der Waals surface area (Å²) in [5, 5.41) is 10.0. The lowest BCUT2D eigenvalue weighted by molar-refractivity contribution is -0.122. The van der Waals surface area contributed by atoms with E-state index >= 15 is 0 Å². The van der Waals surface area contributed by atoms with E-state index in [4.69, 9.17) is 5.73 Å². The van der Waals surface area contributed by atoms with Gasteiger partial charge in [-0.1, -0.05) is 5.21 Å². The highest BCUT2D eigenvalue weighted by Gasteiger charge is 2.05. The lowest BCUT2D eigenvalue weighted by atomic mass is 10.3. The average Bonchev–Trinajstić information content (AvgIpc) is 2.56. The van der Waals surface area contributed by atoms with Gasteiger partial charge >= 0.3 is 0 Å². The zero-order valence-corrected chi connectivity index (χ0v) is 7.47. The molecule has 6 heteroatoms. The minimum absolute atomic E-state index is 0.153. The lowest BCUT2D eigenvalue weighted by Crippen LogP contribution is -2.39. The van der Waals surface area contributed by atoms with Crippen molar-refractivity contribution in [2.75, 3.05) is 6.54 Å². The van der Waals surface area contributed by atoms with Gasteiger partial charge in [0.05, 0.1) is 18.8 Å². The van der Waals surface area contributed by atoms with E-state index in [1.54, 1.807) is 24.0 Å². The fraction of sp³-hybridized carbons (Fsp3) is 0.571. The first-order valence-corrected chi connectivity index (χ1v) is 4.07. The predicted molar refractivity (Wildman–Crippen MR) is 46.7 cm³/mol. The zero-order chi connectivity index (χ0) is 9.68. The Hall–Kier alpha value is -1.43. The lowest BCUT2D eigenvalue weighted by Gasteiger charge is -2.06. The first-order chi connectivity index (χ1) is 6.20. The average molecular weight is 183 g/mol. The van der Waals surface area contributed by atoms with Crippen LogP contribution < -0.4 is 11.1 Å². The maximum Gasteiger partial charge on any atom is 0.236 e. The Morgan fingerprint density at radius 1 is 1.77 bits per heavy atom. The van der Waals surface area contributed by atoms with Crippen molar-refractivity contribution in [1.82, 2.24) is 20.3 Å². The molecule has 0 fully saturated rings. The van der Waals surface area contributed by atoms with E-state index < -0.39 is 6.04 Å². The summed E-state index contributed by atoms with van der Waals surface area (Å²) >= 11 is 0. The van der Waals surface area contributed by atoms with Gasteiger partial charge in [-0.3, -0.25) is 9.48 Å². The van der Waals surface area contributed by atoms with Crippen LogP contribution in [0.1, 0.15) is 6.92 Å². The number of carbonyl (C=O) groups is 1. The molecule has 1 rings (SSSR count). The molecule has 1 aromatic rings. The van der Waals surface area contributed by atoms with Crippen molar-refractivity contribution in [2.24, 2.45) is 5.73 Å². The quantitative estimate of drug-likeness (QED) is 0.610. The highest BCUT2D eigenvalue weighted by molar-refractivity contribution is 5.80. The van der Waals surface area contributed by atoms with Gasteiger partial charge in [-0.25, -0.2) is 0 Å². The summed E-state index contributed by atoms with van der Waals surface area (Å²) in [7, 11) is 0. The molecule has 1 atom stereocenters. The number of nitrogens with two attached hydrogens (primary N) is 1. The van der Waals surface area contributed by atoms with Gasteiger partial charge in [0, 0.05) is 12.7 Å². The molecule has 1 amide bonds. The SMILES string of the molecule is C[C@H](N)C(=O)NCCn1ccnn1. The summed E-state index contributed by atoms with van der Waals surface area (Å²) in [6, 6.07) is -0.462. The Kier molecular flexibility index (Phi) is 3.39.